The molecule has 0 saturated heterocycles. The van der Waals surface area contributed by atoms with E-state index in [-0.39, 0.29) is 11.9 Å². The van der Waals surface area contributed by atoms with Crippen molar-refractivity contribution in [3.05, 3.63) is 87.6 Å². The first-order chi connectivity index (χ1) is 12.9. The van der Waals surface area contributed by atoms with Crippen molar-refractivity contribution in [3.8, 4) is 0 Å². The maximum absolute atomic E-state index is 13.2. The second kappa shape index (κ2) is 7.80. The van der Waals surface area contributed by atoms with Gasteiger partial charge in [-0.1, -0.05) is 54.1 Å². The number of rotatable bonds is 4. The summed E-state index contributed by atoms with van der Waals surface area (Å²) in [7, 11) is 1.32. The minimum absolute atomic E-state index is 0.213. The molecule has 3 rings (SSSR count). The molecule has 27 heavy (non-hydrogen) atoms. The first-order valence-corrected chi connectivity index (χ1v) is 8.97. The molecular weight excluding hydrogens is 362 g/mol. The molecule has 1 amide bonds. The zero-order chi connectivity index (χ0) is 19.6. The largest absolute Gasteiger partial charge is 0.465 e. The Balaban J connectivity index is 2.08. The van der Waals surface area contributed by atoms with Gasteiger partial charge in [-0.05, 0) is 43.2 Å². The molecule has 0 radical (unpaired) electrons. The monoisotopic (exact) mass is 381 g/mol. The summed E-state index contributed by atoms with van der Waals surface area (Å²) in [6.07, 6.45) is 1.70. The van der Waals surface area contributed by atoms with Gasteiger partial charge in [0.15, 0.2) is 0 Å². The van der Waals surface area contributed by atoms with Crippen LogP contribution in [0.25, 0.3) is 6.08 Å². The van der Waals surface area contributed by atoms with Crippen molar-refractivity contribution >= 4 is 29.6 Å². The van der Waals surface area contributed by atoms with Gasteiger partial charge in [0.2, 0.25) is 0 Å². The quantitative estimate of drug-likeness (QED) is 0.566. The summed E-state index contributed by atoms with van der Waals surface area (Å²) in [5.41, 5.74) is 2.97. The minimum Gasteiger partial charge on any atom is -0.465 e. The Morgan fingerprint density at radius 1 is 1.11 bits per heavy atom. The molecule has 4 nitrogen and oxygen atoms in total. The molecular formula is C22H20ClNO3. The van der Waals surface area contributed by atoms with Crippen LogP contribution in [0.2, 0.25) is 5.02 Å². The molecule has 1 atom stereocenters. The van der Waals surface area contributed by atoms with E-state index in [1.165, 1.54) is 7.11 Å². The fraction of sp³-hybridized carbons (Fsp3) is 0.182. The van der Waals surface area contributed by atoms with Crippen molar-refractivity contribution in [2.45, 2.75) is 19.9 Å². The van der Waals surface area contributed by atoms with Crippen LogP contribution in [0.4, 0.5) is 0 Å². The highest BCUT2D eigenvalue weighted by molar-refractivity contribution is 6.30. The number of halogens is 1. The van der Waals surface area contributed by atoms with E-state index < -0.39 is 5.97 Å². The molecule has 2 aromatic carbocycles. The van der Waals surface area contributed by atoms with Crippen molar-refractivity contribution in [1.82, 2.24) is 4.90 Å². The van der Waals surface area contributed by atoms with E-state index in [0.717, 1.165) is 11.1 Å². The van der Waals surface area contributed by atoms with Gasteiger partial charge in [-0.3, -0.25) is 4.79 Å². The Hall–Kier alpha value is -2.85. The fourth-order valence-corrected chi connectivity index (χ4v) is 3.40. The van der Waals surface area contributed by atoms with Crippen LogP contribution < -0.4 is 0 Å². The lowest BCUT2D eigenvalue weighted by atomic mass is 10.0. The van der Waals surface area contributed by atoms with Gasteiger partial charge in [-0.2, -0.15) is 0 Å². The Labute approximate surface area is 163 Å². The summed E-state index contributed by atoms with van der Waals surface area (Å²) in [5.74, 6) is -0.747. The maximum atomic E-state index is 13.2. The summed E-state index contributed by atoms with van der Waals surface area (Å²) in [6, 6.07) is 16.6. The van der Waals surface area contributed by atoms with Gasteiger partial charge in [-0.15, -0.1) is 0 Å². The molecule has 138 valence electrons. The maximum Gasteiger partial charge on any atom is 0.340 e. The number of ether oxygens (including phenoxy) is 1. The third-order valence-electron chi connectivity index (χ3n) is 4.68. The first-order valence-electron chi connectivity index (χ1n) is 8.59. The number of methoxy groups -OCH3 is 1. The van der Waals surface area contributed by atoms with Crippen LogP contribution in [-0.2, 0) is 14.3 Å². The molecule has 0 spiro atoms. The molecule has 2 aromatic rings. The van der Waals surface area contributed by atoms with E-state index >= 15 is 0 Å². The van der Waals surface area contributed by atoms with Crippen molar-refractivity contribution in [1.29, 1.82) is 0 Å². The van der Waals surface area contributed by atoms with Gasteiger partial charge in [0.25, 0.3) is 5.91 Å². The molecule has 1 aliphatic rings. The summed E-state index contributed by atoms with van der Waals surface area (Å²) >= 11 is 5.93. The molecule has 0 fully saturated rings. The van der Waals surface area contributed by atoms with Gasteiger partial charge in [0.05, 0.1) is 24.3 Å². The van der Waals surface area contributed by atoms with E-state index in [1.54, 1.807) is 42.2 Å². The number of hydrogen-bond acceptors (Lipinski definition) is 3. The molecule has 0 saturated carbocycles. The van der Waals surface area contributed by atoms with E-state index in [1.807, 2.05) is 37.3 Å². The van der Waals surface area contributed by atoms with Crippen molar-refractivity contribution in [3.63, 3.8) is 0 Å². The van der Waals surface area contributed by atoms with Crippen LogP contribution in [0.3, 0.4) is 0 Å². The molecule has 0 aromatic heterocycles. The molecule has 0 unspecified atom stereocenters. The second-order valence-corrected chi connectivity index (χ2v) is 6.76. The summed E-state index contributed by atoms with van der Waals surface area (Å²) < 4.78 is 4.94. The SMILES string of the molecule is COC(=O)C1=C(C)N([C@@H](C)c2ccccc2)C(=O)/C1=C\c1ccc(Cl)cc1. The molecule has 1 heterocycles. The highest BCUT2D eigenvalue weighted by Gasteiger charge is 2.39. The van der Waals surface area contributed by atoms with E-state index in [4.69, 9.17) is 16.3 Å². The van der Waals surface area contributed by atoms with Crippen molar-refractivity contribution < 1.29 is 14.3 Å². The number of carbonyl (C=O) groups excluding carboxylic acids is 2. The smallest absolute Gasteiger partial charge is 0.340 e. The average Bonchev–Trinajstić information content (AvgIpc) is 2.93. The number of carbonyl (C=O) groups is 2. The average molecular weight is 382 g/mol. The number of allylic oxidation sites excluding steroid dienone is 1. The Bertz CT molecular complexity index is 930. The highest BCUT2D eigenvalue weighted by atomic mass is 35.5. The fourth-order valence-electron chi connectivity index (χ4n) is 3.27. The van der Waals surface area contributed by atoms with Crippen LogP contribution >= 0.6 is 11.6 Å². The van der Waals surface area contributed by atoms with Gasteiger partial charge < -0.3 is 9.64 Å². The zero-order valence-corrected chi connectivity index (χ0v) is 16.2. The van der Waals surface area contributed by atoms with Gasteiger partial charge in [0.1, 0.15) is 0 Å². The third kappa shape index (κ3) is 3.67. The summed E-state index contributed by atoms with van der Waals surface area (Å²) in [4.78, 5) is 27.3. The summed E-state index contributed by atoms with van der Waals surface area (Å²) in [6.45, 7) is 3.71. The number of esters is 1. The molecule has 1 aliphatic heterocycles. The lowest BCUT2D eigenvalue weighted by Gasteiger charge is -2.26. The Morgan fingerprint density at radius 2 is 1.74 bits per heavy atom. The van der Waals surface area contributed by atoms with Crippen LogP contribution in [0.1, 0.15) is 31.0 Å². The van der Waals surface area contributed by atoms with E-state index in [2.05, 4.69) is 0 Å². The predicted octanol–water partition coefficient (Wildman–Crippen LogP) is 4.77. The highest BCUT2D eigenvalue weighted by Crippen LogP contribution is 2.37. The Kier molecular flexibility index (Phi) is 5.47. The molecule has 0 bridgehead atoms. The molecule has 5 heteroatoms. The predicted molar refractivity (Wildman–Crippen MR) is 106 cm³/mol. The lowest BCUT2D eigenvalue weighted by Crippen LogP contribution is -2.28. The Morgan fingerprint density at radius 3 is 2.33 bits per heavy atom. The van der Waals surface area contributed by atoms with Gasteiger partial charge in [0, 0.05) is 10.7 Å². The van der Waals surface area contributed by atoms with Gasteiger partial charge >= 0.3 is 5.97 Å². The van der Waals surface area contributed by atoms with Crippen LogP contribution in [-0.4, -0.2) is 23.9 Å². The van der Waals surface area contributed by atoms with Gasteiger partial charge in [-0.25, -0.2) is 4.79 Å². The van der Waals surface area contributed by atoms with Crippen LogP contribution in [0, 0.1) is 0 Å². The number of benzene rings is 2. The van der Waals surface area contributed by atoms with Crippen molar-refractivity contribution in [2.75, 3.05) is 7.11 Å². The van der Waals surface area contributed by atoms with Crippen molar-refractivity contribution in [2.24, 2.45) is 0 Å². The lowest BCUT2D eigenvalue weighted by molar-refractivity contribution is -0.136. The zero-order valence-electron chi connectivity index (χ0n) is 15.4. The van der Waals surface area contributed by atoms with Crippen LogP contribution in [0.15, 0.2) is 71.4 Å². The van der Waals surface area contributed by atoms with E-state index in [0.29, 0.717) is 21.9 Å². The number of nitrogens with zero attached hydrogens (tertiary/aromatic N) is 1. The normalized spacial score (nSPS) is 16.8. The standard InChI is InChI=1S/C22H20ClNO3/c1-14(17-7-5-4-6-8-17)24-15(2)20(22(26)27-3)19(21(24)25)13-16-9-11-18(23)12-10-16/h4-14H,1-3H3/b19-13-/t14-/m0/s1. The summed E-state index contributed by atoms with van der Waals surface area (Å²) in [5, 5.41) is 0.606. The minimum atomic E-state index is -0.524. The first kappa shape index (κ1) is 18.9. The topological polar surface area (TPSA) is 46.6 Å². The van der Waals surface area contributed by atoms with E-state index in [9.17, 15) is 9.59 Å². The number of hydrogen-bond donors (Lipinski definition) is 0. The molecule has 0 N–H and O–H groups in total. The van der Waals surface area contributed by atoms with Crippen LogP contribution in [0.5, 0.6) is 0 Å². The third-order valence-corrected chi connectivity index (χ3v) is 4.93. The molecule has 0 aliphatic carbocycles. The second-order valence-electron chi connectivity index (χ2n) is 6.32. The number of amides is 1.